The Morgan fingerprint density at radius 1 is 1.43 bits per heavy atom. The van der Waals surface area contributed by atoms with Gasteiger partial charge in [0.15, 0.2) is 0 Å². The van der Waals surface area contributed by atoms with Crippen LogP contribution in [0.5, 0.6) is 0 Å². The molecule has 4 nitrogen and oxygen atoms in total. The average Bonchev–Trinajstić information content (AvgIpc) is 3.00. The smallest absolute Gasteiger partial charge is 0.275 e. The molecule has 1 saturated carbocycles. The number of para-hydroxylation sites is 1. The van der Waals surface area contributed by atoms with E-state index in [-0.39, 0.29) is 5.69 Å². The molecule has 0 aromatic heterocycles. The van der Waals surface area contributed by atoms with E-state index in [1.165, 1.54) is 6.07 Å². The molecule has 1 unspecified atom stereocenters. The molecular formula is C9H10N2O2S. The number of nitrogens with zero attached hydrogens (tertiary/aromatic N) is 1. The molecule has 1 aromatic carbocycles. The molecule has 74 valence electrons. The van der Waals surface area contributed by atoms with Crippen LogP contribution in [0.4, 0.5) is 5.69 Å². The van der Waals surface area contributed by atoms with E-state index in [9.17, 15) is 10.1 Å². The number of nitrogens with one attached hydrogen (secondary N) is 1. The van der Waals surface area contributed by atoms with Crippen LogP contribution in [0.1, 0.15) is 12.8 Å². The Morgan fingerprint density at radius 3 is 2.64 bits per heavy atom. The fourth-order valence-electron chi connectivity index (χ4n) is 1.28. The summed E-state index contributed by atoms with van der Waals surface area (Å²) in [6.45, 7) is 0. The lowest BCUT2D eigenvalue weighted by molar-refractivity contribution is -0.387. The van der Waals surface area contributed by atoms with Gasteiger partial charge in [-0.15, -0.1) is 0 Å². The Hall–Kier alpha value is -1.23. The third kappa shape index (κ3) is 1.68. The van der Waals surface area contributed by atoms with Crippen molar-refractivity contribution in [2.75, 3.05) is 0 Å². The summed E-state index contributed by atoms with van der Waals surface area (Å²) < 4.78 is 7.89. The zero-order valence-electron chi connectivity index (χ0n) is 7.47. The Labute approximate surface area is 84.0 Å². The molecular weight excluding hydrogens is 200 g/mol. The molecule has 1 fully saturated rings. The predicted molar refractivity (Wildman–Crippen MR) is 54.5 cm³/mol. The molecule has 1 aliphatic carbocycles. The van der Waals surface area contributed by atoms with E-state index in [1.807, 2.05) is 0 Å². The molecule has 2 rings (SSSR count). The van der Waals surface area contributed by atoms with Crippen molar-refractivity contribution in [3.63, 3.8) is 0 Å². The van der Waals surface area contributed by atoms with Crippen molar-refractivity contribution in [1.82, 2.24) is 0 Å². The second-order valence-corrected chi connectivity index (χ2v) is 5.04. The lowest BCUT2D eigenvalue weighted by Gasteiger charge is -2.03. The highest BCUT2D eigenvalue weighted by Crippen LogP contribution is 2.34. The second-order valence-electron chi connectivity index (χ2n) is 3.26. The Balaban J connectivity index is 2.40. The van der Waals surface area contributed by atoms with Crippen LogP contribution in [0.15, 0.2) is 29.2 Å². The van der Waals surface area contributed by atoms with Gasteiger partial charge in [-0.2, -0.15) is 0 Å². The minimum absolute atomic E-state index is 0.0951. The van der Waals surface area contributed by atoms with Crippen LogP contribution in [0.2, 0.25) is 0 Å². The molecule has 0 amide bonds. The number of nitro groups is 1. The minimum Gasteiger partial charge on any atom is -0.275 e. The van der Waals surface area contributed by atoms with Gasteiger partial charge < -0.3 is 0 Å². The van der Waals surface area contributed by atoms with Crippen molar-refractivity contribution in [3.8, 4) is 0 Å². The van der Waals surface area contributed by atoms with E-state index in [0.717, 1.165) is 12.8 Å². The highest BCUT2D eigenvalue weighted by atomic mass is 32.2. The van der Waals surface area contributed by atoms with Crippen LogP contribution < -0.4 is 0 Å². The molecule has 1 N–H and O–H groups in total. The molecule has 0 heterocycles. The summed E-state index contributed by atoms with van der Waals surface area (Å²) in [5.41, 5.74) is 0.0951. The molecule has 0 aliphatic heterocycles. The van der Waals surface area contributed by atoms with E-state index in [1.54, 1.807) is 18.2 Å². The van der Waals surface area contributed by atoms with Crippen molar-refractivity contribution >= 4 is 16.4 Å². The van der Waals surface area contributed by atoms with Crippen LogP contribution in [-0.4, -0.2) is 10.2 Å². The number of hydrogen-bond acceptors (Lipinski definition) is 3. The number of benzene rings is 1. The molecule has 1 aromatic rings. The van der Waals surface area contributed by atoms with Crippen LogP contribution in [0.25, 0.3) is 0 Å². The summed E-state index contributed by atoms with van der Waals surface area (Å²) in [6, 6.07) is 6.59. The van der Waals surface area contributed by atoms with E-state index < -0.39 is 15.6 Å². The molecule has 1 aliphatic rings. The molecule has 0 saturated heterocycles. The van der Waals surface area contributed by atoms with Crippen LogP contribution in [0, 0.1) is 14.9 Å². The maximum absolute atomic E-state index is 10.7. The zero-order chi connectivity index (χ0) is 10.1. The quantitative estimate of drug-likeness (QED) is 0.615. The first-order valence-corrected chi connectivity index (χ1v) is 5.66. The fraction of sp³-hybridized carbons (Fsp3) is 0.333. The molecule has 0 radical (unpaired) electrons. The summed E-state index contributed by atoms with van der Waals surface area (Å²) in [5, 5.41) is 11.1. The maximum atomic E-state index is 10.7. The van der Waals surface area contributed by atoms with Crippen molar-refractivity contribution in [3.05, 3.63) is 34.4 Å². The van der Waals surface area contributed by atoms with Gasteiger partial charge in [0.1, 0.15) is 0 Å². The summed E-state index contributed by atoms with van der Waals surface area (Å²) in [6.07, 6.45) is 2.08. The minimum atomic E-state index is -0.698. The third-order valence-electron chi connectivity index (χ3n) is 2.16. The van der Waals surface area contributed by atoms with Gasteiger partial charge in [0.05, 0.1) is 9.82 Å². The van der Waals surface area contributed by atoms with Gasteiger partial charge in [-0.1, -0.05) is 22.8 Å². The lowest BCUT2D eigenvalue weighted by Crippen LogP contribution is -2.00. The standard InChI is InChI=1S/C9H10N2O2S/c10-14(7-5-6-7)9-4-2-1-3-8(9)11(12)13/h1-4,7,10H,5-6H2. The van der Waals surface area contributed by atoms with Gasteiger partial charge in [-0.25, -0.2) is 0 Å². The van der Waals surface area contributed by atoms with Gasteiger partial charge in [0.25, 0.3) is 5.69 Å². The monoisotopic (exact) mass is 210 g/mol. The Bertz CT molecular complexity index is 402. The maximum Gasteiger partial charge on any atom is 0.283 e. The number of nitro benzene ring substituents is 1. The van der Waals surface area contributed by atoms with Gasteiger partial charge in [0.2, 0.25) is 0 Å². The predicted octanol–water partition coefficient (Wildman–Crippen LogP) is 2.50. The SMILES string of the molecule is N=S(c1ccccc1[N+](=O)[O-])C1CC1. The van der Waals surface area contributed by atoms with Crippen molar-refractivity contribution in [2.24, 2.45) is 0 Å². The highest BCUT2D eigenvalue weighted by Gasteiger charge is 2.29. The Morgan fingerprint density at radius 2 is 2.07 bits per heavy atom. The number of hydrogen-bond donors (Lipinski definition) is 1. The molecule has 14 heavy (non-hydrogen) atoms. The Kier molecular flexibility index (Phi) is 2.33. The molecule has 0 bridgehead atoms. The zero-order valence-corrected chi connectivity index (χ0v) is 8.29. The van der Waals surface area contributed by atoms with Gasteiger partial charge in [-0.05, 0) is 18.9 Å². The summed E-state index contributed by atoms with van der Waals surface area (Å²) >= 11 is 0. The van der Waals surface area contributed by atoms with Crippen LogP contribution in [-0.2, 0) is 10.7 Å². The van der Waals surface area contributed by atoms with E-state index in [0.29, 0.717) is 10.1 Å². The van der Waals surface area contributed by atoms with Crippen molar-refractivity contribution < 1.29 is 4.92 Å². The first kappa shape index (κ1) is 9.33. The van der Waals surface area contributed by atoms with Gasteiger partial charge >= 0.3 is 0 Å². The van der Waals surface area contributed by atoms with E-state index in [2.05, 4.69) is 0 Å². The first-order chi connectivity index (χ1) is 6.70. The van der Waals surface area contributed by atoms with Crippen LogP contribution >= 0.6 is 0 Å². The summed E-state index contributed by atoms with van der Waals surface area (Å²) in [7, 11) is -0.698. The highest BCUT2D eigenvalue weighted by molar-refractivity contribution is 7.87. The van der Waals surface area contributed by atoms with E-state index >= 15 is 0 Å². The van der Waals surface area contributed by atoms with Crippen molar-refractivity contribution in [2.45, 2.75) is 23.0 Å². The first-order valence-electron chi connectivity index (χ1n) is 4.38. The van der Waals surface area contributed by atoms with Crippen LogP contribution in [0.3, 0.4) is 0 Å². The fourth-order valence-corrected chi connectivity index (χ4v) is 2.84. The largest absolute Gasteiger partial charge is 0.283 e. The van der Waals surface area contributed by atoms with Crippen molar-refractivity contribution in [1.29, 1.82) is 4.78 Å². The summed E-state index contributed by atoms with van der Waals surface area (Å²) in [5.74, 6) is 0. The van der Waals surface area contributed by atoms with E-state index in [4.69, 9.17) is 4.78 Å². The van der Waals surface area contributed by atoms with Gasteiger partial charge in [0, 0.05) is 11.3 Å². The average molecular weight is 210 g/mol. The normalized spacial score (nSPS) is 17.7. The third-order valence-corrected chi connectivity index (χ3v) is 4.11. The topological polar surface area (TPSA) is 67.0 Å². The lowest BCUT2D eigenvalue weighted by atomic mass is 10.3. The molecule has 0 spiro atoms. The molecule has 5 heteroatoms. The second kappa shape index (κ2) is 3.49. The summed E-state index contributed by atoms with van der Waals surface area (Å²) in [4.78, 5) is 10.9. The van der Waals surface area contributed by atoms with Gasteiger partial charge in [-0.3, -0.25) is 14.9 Å². The molecule has 1 atom stereocenters. The number of rotatable bonds is 3.